The van der Waals surface area contributed by atoms with Crippen molar-refractivity contribution in [2.75, 3.05) is 5.73 Å². The van der Waals surface area contributed by atoms with Crippen LogP contribution in [0.2, 0.25) is 0 Å². The van der Waals surface area contributed by atoms with E-state index in [1.807, 2.05) is 29.8 Å². The summed E-state index contributed by atoms with van der Waals surface area (Å²) in [5.74, 6) is 0.939. The number of hydrogen-bond acceptors (Lipinski definition) is 6. The Morgan fingerprint density at radius 3 is 2.60 bits per heavy atom. The highest BCUT2D eigenvalue weighted by atomic mass is 15.3. The van der Waals surface area contributed by atoms with Crippen LogP contribution in [0.25, 0.3) is 22.4 Å². The zero-order chi connectivity index (χ0) is 17.4. The van der Waals surface area contributed by atoms with Gasteiger partial charge in [0.05, 0.1) is 17.9 Å². The molecule has 1 aliphatic rings. The van der Waals surface area contributed by atoms with Crippen LogP contribution in [0.15, 0.2) is 37.1 Å². The molecule has 25 heavy (non-hydrogen) atoms. The first kappa shape index (κ1) is 15.5. The van der Waals surface area contributed by atoms with E-state index < -0.39 is 0 Å². The van der Waals surface area contributed by atoms with Gasteiger partial charge < -0.3 is 11.5 Å². The number of aromatic nitrogens is 6. The quantitative estimate of drug-likeness (QED) is 0.548. The summed E-state index contributed by atoms with van der Waals surface area (Å²) in [6.07, 6.45) is 13.1. The fourth-order valence-electron chi connectivity index (χ4n) is 2.72. The van der Waals surface area contributed by atoms with Crippen LogP contribution in [-0.2, 0) is 0 Å². The summed E-state index contributed by atoms with van der Waals surface area (Å²) in [5.41, 5.74) is 14.9. The molecule has 4 aromatic heterocycles. The second-order valence-corrected chi connectivity index (χ2v) is 6.28. The van der Waals surface area contributed by atoms with Crippen LogP contribution in [-0.4, -0.2) is 35.0 Å². The van der Waals surface area contributed by atoms with Gasteiger partial charge in [-0.25, -0.2) is 19.5 Å². The summed E-state index contributed by atoms with van der Waals surface area (Å²) >= 11 is 0. The molecule has 0 atom stereocenters. The predicted octanol–water partition coefficient (Wildman–Crippen LogP) is 1.83. The largest absolute Gasteiger partial charge is 0.367 e. The Labute approximate surface area is 144 Å². The molecule has 4 heterocycles. The molecule has 0 unspecified atom stereocenters. The third-order valence-electron chi connectivity index (χ3n) is 4.44. The first-order chi connectivity index (χ1) is 12.1. The molecule has 1 fully saturated rings. The van der Waals surface area contributed by atoms with E-state index in [4.69, 9.17) is 11.5 Å². The van der Waals surface area contributed by atoms with Gasteiger partial charge in [-0.3, -0.25) is 4.40 Å². The number of rotatable bonds is 1. The molecule has 128 valence electrons. The first-order valence-corrected chi connectivity index (χ1v) is 8.27. The Morgan fingerprint density at radius 2 is 1.88 bits per heavy atom. The van der Waals surface area contributed by atoms with E-state index in [1.165, 1.54) is 19.3 Å². The van der Waals surface area contributed by atoms with Crippen LogP contribution >= 0.6 is 0 Å². The highest BCUT2D eigenvalue weighted by molar-refractivity contribution is 5.79. The molecule has 0 bridgehead atoms. The molecule has 5 rings (SSSR count). The Balaban J connectivity index is 0.000000272. The molecule has 0 amide bonds. The normalized spacial score (nSPS) is 14.3. The number of nitrogens with zero attached hydrogens (tertiary/aromatic N) is 6. The average Bonchev–Trinajstić information content (AvgIpc) is 3.17. The van der Waals surface area contributed by atoms with E-state index >= 15 is 0 Å². The minimum absolute atomic E-state index is 0.249. The average molecular weight is 336 g/mol. The number of hydrogen-bond donors (Lipinski definition) is 2. The zero-order valence-electron chi connectivity index (χ0n) is 14.0. The lowest BCUT2D eigenvalue weighted by Crippen LogP contribution is -2.27. The van der Waals surface area contributed by atoms with E-state index in [2.05, 4.69) is 20.1 Å². The number of nitrogen functional groups attached to an aromatic ring is 1. The summed E-state index contributed by atoms with van der Waals surface area (Å²) in [6, 6.07) is 2.54. The second kappa shape index (κ2) is 6.14. The molecule has 0 aliphatic heterocycles. The molecule has 0 radical (unpaired) electrons. The molecule has 1 aliphatic carbocycles. The summed E-state index contributed by atoms with van der Waals surface area (Å²) in [6.45, 7) is 1.99. The van der Waals surface area contributed by atoms with Crippen molar-refractivity contribution >= 4 is 17.2 Å². The van der Waals surface area contributed by atoms with E-state index in [9.17, 15) is 0 Å². The Kier molecular flexibility index (Phi) is 3.81. The SMILES string of the molecule is Cc1cnc2ncc(-c3ccn4nc(N)ncc34)cn12.NC1CCC1. The molecule has 4 N–H and O–H groups in total. The highest BCUT2D eigenvalue weighted by Gasteiger charge is 2.10. The molecule has 0 saturated heterocycles. The van der Waals surface area contributed by atoms with E-state index in [0.717, 1.165) is 22.3 Å². The van der Waals surface area contributed by atoms with Gasteiger partial charge >= 0.3 is 0 Å². The smallest absolute Gasteiger partial charge is 0.238 e. The van der Waals surface area contributed by atoms with Gasteiger partial charge in [-0.2, -0.15) is 0 Å². The Hall–Kier alpha value is -3.00. The number of fused-ring (bicyclic) bond motifs is 2. The molecule has 0 aromatic carbocycles. The third kappa shape index (κ3) is 2.91. The highest BCUT2D eigenvalue weighted by Crippen LogP contribution is 2.24. The molecular weight excluding hydrogens is 316 g/mol. The molecule has 8 heteroatoms. The van der Waals surface area contributed by atoms with Gasteiger partial charge in [-0.05, 0) is 25.8 Å². The predicted molar refractivity (Wildman–Crippen MR) is 95.9 cm³/mol. The van der Waals surface area contributed by atoms with Crippen LogP contribution in [0.5, 0.6) is 0 Å². The minimum atomic E-state index is 0.249. The van der Waals surface area contributed by atoms with E-state index in [-0.39, 0.29) is 5.95 Å². The van der Waals surface area contributed by atoms with Crippen molar-refractivity contribution in [1.82, 2.24) is 29.0 Å². The first-order valence-electron chi connectivity index (χ1n) is 8.27. The van der Waals surface area contributed by atoms with Crippen molar-refractivity contribution in [1.29, 1.82) is 0 Å². The lowest BCUT2D eigenvalue weighted by atomic mass is 9.95. The topological polar surface area (TPSA) is 112 Å². The van der Waals surface area contributed by atoms with Crippen molar-refractivity contribution in [3.63, 3.8) is 0 Å². The lowest BCUT2D eigenvalue weighted by Gasteiger charge is -2.18. The minimum Gasteiger partial charge on any atom is -0.367 e. The third-order valence-corrected chi connectivity index (χ3v) is 4.44. The number of aryl methyl sites for hydroxylation is 1. The van der Waals surface area contributed by atoms with E-state index in [0.29, 0.717) is 11.8 Å². The maximum atomic E-state index is 5.58. The lowest BCUT2D eigenvalue weighted by molar-refractivity contribution is 0.418. The molecular formula is C17H20N8. The van der Waals surface area contributed by atoms with Crippen LogP contribution in [0.4, 0.5) is 5.95 Å². The molecule has 8 nitrogen and oxygen atoms in total. The van der Waals surface area contributed by atoms with Gasteiger partial charge in [0, 0.05) is 41.5 Å². The monoisotopic (exact) mass is 336 g/mol. The Bertz CT molecular complexity index is 1030. The summed E-state index contributed by atoms with van der Waals surface area (Å²) < 4.78 is 3.67. The van der Waals surface area contributed by atoms with Crippen LogP contribution < -0.4 is 11.5 Å². The van der Waals surface area contributed by atoms with Gasteiger partial charge in [-0.15, -0.1) is 5.10 Å². The Morgan fingerprint density at radius 1 is 1.12 bits per heavy atom. The fraction of sp³-hybridized carbons (Fsp3) is 0.294. The maximum Gasteiger partial charge on any atom is 0.238 e. The van der Waals surface area contributed by atoms with Crippen molar-refractivity contribution < 1.29 is 0 Å². The van der Waals surface area contributed by atoms with Crippen molar-refractivity contribution in [3.05, 3.63) is 42.7 Å². The standard InChI is InChI=1S/C13H11N7.C4H9N/c1-8-4-16-13-17-5-9(7-19(8)13)10-2-3-20-11(10)6-15-12(14)18-20;5-4-2-1-3-4/h2-7H,1H3,(H2,14,18);4H,1-3,5H2. The summed E-state index contributed by atoms with van der Waals surface area (Å²) in [5, 5.41) is 4.14. The van der Waals surface area contributed by atoms with Crippen LogP contribution in [0, 0.1) is 6.92 Å². The van der Waals surface area contributed by atoms with Gasteiger partial charge in [0.15, 0.2) is 0 Å². The number of imidazole rings is 1. The van der Waals surface area contributed by atoms with E-state index in [1.54, 1.807) is 23.1 Å². The number of nitrogens with two attached hydrogens (primary N) is 2. The fourth-order valence-corrected chi connectivity index (χ4v) is 2.72. The molecule has 0 spiro atoms. The zero-order valence-corrected chi connectivity index (χ0v) is 14.0. The van der Waals surface area contributed by atoms with Gasteiger partial charge in [0.25, 0.3) is 0 Å². The van der Waals surface area contributed by atoms with Crippen molar-refractivity contribution in [2.24, 2.45) is 5.73 Å². The van der Waals surface area contributed by atoms with Crippen molar-refractivity contribution in [2.45, 2.75) is 32.2 Å². The van der Waals surface area contributed by atoms with Crippen LogP contribution in [0.1, 0.15) is 25.0 Å². The van der Waals surface area contributed by atoms with Crippen molar-refractivity contribution in [3.8, 4) is 11.1 Å². The molecule has 1 saturated carbocycles. The van der Waals surface area contributed by atoms with Gasteiger partial charge in [0.2, 0.25) is 11.7 Å². The molecule has 4 aromatic rings. The van der Waals surface area contributed by atoms with Gasteiger partial charge in [-0.1, -0.05) is 6.42 Å². The van der Waals surface area contributed by atoms with Crippen LogP contribution in [0.3, 0.4) is 0 Å². The maximum absolute atomic E-state index is 5.58. The summed E-state index contributed by atoms with van der Waals surface area (Å²) in [4.78, 5) is 12.6. The number of anilines is 1. The second-order valence-electron chi connectivity index (χ2n) is 6.28. The van der Waals surface area contributed by atoms with Gasteiger partial charge in [0.1, 0.15) is 0 Å². The summed E-state index contributed by atoms with van der Waals surface area (Å²) in [7, 11) is 0.